The zero-order valence-electron chi connectivity index (χ0n) is 11.8. The number of likely N-dealkylation sites (N-methyl/N-ethyl adjacent to an activating group) is 1. The minimum absolute atomic E-state index is 0.174. The fourth-order valence-corrected chi connectivity index (χ4v) is 2.58. The Morgan fingerprint density at radius 2 is 2.19 bits per heavy atom. The summed E-state index contributed by atoms with van der Waals surface area (Å²) in [6.07, 6.45) is 1.62. The maximum Gasteiger partial charge on any atom is 0.214 e. The van der Waals surface area contributed by atoms with Crippen molar-refractivity contribution >= 4 is 39.0 Å². The number of anilines is 1. The van der Waals surface area contributed by atoms with E-state index in [0.717, 1.165) is 6.54 Å². The molecule has 2 N–H and O–H groups in total. The van der Waals surface area contributed by atoms with Crippen molar-refractivity contribution in [2.24, 2.45) is 0 Å². The molecule has 0 aliphatic rings. The first-order chi connectivity index (χ1) is 9.90. The molecular weight excluding hydrogens is 356 g/mol. The van der Waals surface area contributed by atoms with Crippen molar-refractivity contribution in [2.45, 2.75) is 6.54 Å². The van der Waals surface area contributed by atoms with Crippen LogP contribution >= 0.6 is 27.5 Å². The van der Waals surface area contributed by atoms with Crippen molar-refractivity contribution in [3.8, 4) is 0 Å². The standard InChI is InChI=1S/C14H16BrClN4O/c1-19(2)5-6-20-13(11(15)8-18-20)14(21)10-4-3-9(16)7-12(10)17/h3-4,7-8H,5-6,17H2,1-2H3. The molecule has 2 aromatic rings. The largest absolute Gasteiger partial charge is 0.398 e. The minimum Gasteiger partial charge on any atom is -0.398 e. The number of nitrogen functional groups attached to an aromatic ring is 1. The number of ketones is 1. The molecule has 0 radical (unpaired) electrons. The lowest BCUT2D eigenvalue weighted by Gasteiger charge is -2.12. The molecule has 0 bridgehead atoms. The Morgan fingerprint density at radius 3 is 2.81 bits per heavy atom. The van der Waals surface area contributed by atoms with E-state index in [9.17, 15) is 4.79 Å². The average Bonchev–Trinajstić information content (AvgIpc) is 2.77. The Bertz CT molecular complexity index is 669. The molecule has 0 amide bonds. The van der Waals surface area contributed by atoms with E-state index in [1.165, 1.54) is 0 Å². The highest BCUT2D eigenvalue weighted by atomic mass is 79.9. The Kier molecular flexibility index (Phi) is 5.03. The Labute approximate surface area is 136 Å². The summed E-state index contributed by atoms with van der Waals surface area (Å²) in [4.78, 5) is 14.7. The topological polar surface area (TPSA) is 64.2 Å². The summed E-state index contributed by atoms with van der Waals surface area (Å²) in [5.41, 5.74) is 7.17. The van der Waals surface area contributed by atoms with Crippen LogP contribution in [-0.4, -0.2) is 41.1 Å². The number of aromatic nitrogens is 2. The summed E-state index contributed by atoms with van der Waals surface area (Å²) in [7, 11) is 3.94. The first-order valence-electron chi connectivity index (χ1n) is 6.36. The molecule has 1 heterocycles. The first-order valence-corrected chi connectivity index (χ1v) is 7.53. The monoisotopic (exact) mass is 370 g/mol. The molecular formula is C14H16BrClN4O. The van der Waals surface area contributed by atoms with Crippen LogP contribution in [0, 0.1) is 0 Å². The molecule has 0 unspecified atom stereocenters. The number of carbonyl (C=O) groups is 1. The van der Waals surface area contributed by atoms with Gasteiger partial charge in [-0.25, -0.2) is 0 Å². The Morgan fingerprint density at radius 1 is 1.48 bits per heavy atom. The van der Waals surface area contributed by atoms with Crippen molar-refractivity contribution < 1.29 is 4.79 Å². The van der Waals surface area contributed by atoms with Gasteiger partial charge in [-0.15, -0.1) is 0 Å². The quantitative estimate of drug-likeness (QED) is 0.648. The third-order valence-electron chi connectivity index (χ3n) is 3.03. The Balaban J connectivity index is 2.36. The van der Waals surface area contributed by atoms with Gasteiger partial charge in [0.15, 0.2) is 0 Å². The molecule has 1 aromatic carbocycles. The smallest absolute Gasteiger partial charge is 0.214 e. The second-order valence-corrected chi connectivity index (χ2v) is 6.22. The third-order valence-corrected chi connectivity index (χ3v) is 3.84. The number of halogens is 2. The van der Waals surface area contributed by atoms with Gasteiger partial charge in [-0.2, -0.15) is 5.10 Å². The van der Waals surface area contributed by atoms with Crippen LogP contribution < -0.4 is 5.73 Å². The molecule has 112 valence electrons. The highest BCUT2D eigenvalue weighted by molar-refractivity contribution is 9.10. The molecule has 0 atom stereocenters. The molecule has 0 saturated carbocycles. The normalized spacial score (nSPS) is 11.1. The van der Waals surface area contributed by atoms with Crippen LogP contribution in [0.2, 0.25) is 5.02 Å². The molecule has 0 fully saturated rings. The van der Waals surface area contributed by atoms with E-state index < -0.39 is 0 Å². The van der Waals surface area contributed by atoms with Gasteiger partial charge in [0.2, 0.25) is 5.78 Å². The number of hydrogen-bond acceptors (Lipinski definition) is 4. The van der Waals surface area contributed by atoms with Crippen LogP contribution in [0.15, 0.2) is 28.9 Å². The lowest BCUT2D eigenvalue weighted by Crippen LogP contribution is -2.22. The first kappa shape index (κ1) is 16.0. The molecule has 7 heteroatoms. The third kappa shape index (κ3) is 3.64. The highest BCUT2D eigenvalue weighted by Crippen LogP contribution is 2.25. The number of nitrogens with two attached hydrogens (primary N) is 1. The molecule has 0 aliphatic heterocycles. The lowest BCUT2D eigenvalue weighted by molar-refractivity contribution is 0.102. The fourth-order valence-electron chi connectivity index (χ4n) is 1.92. The van der Waals surface area contributed by atoms with E-state index in [2.05, 4.69) is 21.0 Å². The predicted octanol–water partition coefficient (Wildman–Crippen LogP) is 2.67. The summed E-state index contributed by atoms with van der Waals surface area (Å²) >= 11 is 9.25. The van der Waals surface area contributed by atoms with Gasteiger partial charge in [-0.05, 0) is 48.2 Å². The van der Waals surface area contributed by atoms with Crippen molar-refractivity contribution in [3.63, 3.8) is 0 Å². The number of carbonyl (C=O) groups excluding carboxylic acids is 1. The SMILES string of the molecule is CN(C)CCn1ncc(Br)c1C(=O)c1ccc(Cl)cc1N. The van der Waals surface area contributed by atoms with E-state index in [0.29, 0.717) is 33.0 Å². The summed E-state index contributed by atoms with van der Waals surface area (Å²) in [6.45, 7) is 1.40. The summed E-state index contributed by atoms with van der Waals surface area (Å²) in [6, 6.07) is 4.86. The molecule has 5 nitrogen and oxygen atoms in total. The van der Waals surface area contributed by atoms with Crippen LogP contribution in [0.5, 0.6) is 0 Å². The minimum atomic E-state index is -0.174. The molecule has 0 spiro atoms. The van der Waals surface area contributed by atoms with Crippen LogP contribution in [0.25, 0.3) is 0 Å². The number of rotatable bonds is 5. The van der Waals surface area contributed by atoms with Gasteiger partial charge < -0.3 is 10.6 Å². The maximum absolute atomic E-state index is 12.7. The van der Waals surface area contributed by atoms with Crippen LogP contribution in [0.4, 0.5) is 5.69 Å². The summed E-state index contributed by atoms with van der Waals surface area (Å²) in [5, 5.41) is 4.74. The molecule has 2 rings (SSSR count). The van der Waals surface area contributed by atoms with Gasteiger partial charge in [0.25, 0.3) is 0 Å². The molecule has 0 saturated heterocycles. The van der Waals surface area contributed by atoms with Gasteiger partial charge in [-0.1, -0.05) is 11.6 Å². The summed E-state index contributed by atoms with van der Waals surface area (Å²) in [5.74, 6) is -0.174. The van der Waals surface area contributed by atoms with Crippen LogP contribution in [-0.2, 0) is 6.54 Å². The molecule has 21 heavy (non-hydrogen) atoms. The van der Waals surface area contributed by atoms with Gasteiger partial charge in [-0.3, -0.25) is 9.48 Å². The zero-order valence-corrected chi connectivity index (χ0v) is 14.1. The van der Waals surface area contributed by atoms with Crippen molar-refractivity contribution in [3.05, 3.63) is 45.1 Å². The fraction of sp³-hybridized carbons (Fsp3) is 0.286. The highest BCUT2D eigenvalue weighted by Gasteiger charge is 2.20. The van der Waals surface area contributed by atoms with E-state index in [4.69, 9.17) is 17.3 Å². The van der Waals surface area contributed by atoms with Crippen LogP contribution in [0.1, 0.15) is 16.1 Å². The average molecular weight is 372 g/mol. The second kappa shape index (κ2) is 6.60. The van der Waals surface area contributed by atoms with Crippen molar-refractivity contribution in [1.29, 1.82) is 0 Å². The van der Waals surface area contributed by atoms with Crippen molar-refractivity contribution in [2.75, 3.05) is 26.4 Å². The number of hydrogen-bond donors (Lipinski definition) is 1. The van der Waals surface area contributed by atoms with Crippen molar-refractivity contribution in [1.82, 2.24) is 14.7 Å². The second-order valence-electron chi connectivity index (χ2n) is 4.93. The van der Waals surface area contributed by atoms with Crippen LogP contribution in [0.3, 0.4) is 0 Å². The summed E-state index contributed by atoms with van der Waals surface area (Å²) < 4.78 is 2.33. The predicted molar refractivity (Wildman–Crippen MR) is 87.8 cm³/mol. The van der Waals surface area contributed by atoms with Gasteiger partial charge in [0, 0.05) is 22.8 Å². The Hall–Kier alpha value is -1.37. The number of nitrogens with zero attached hydrogens (tertiary/aromatic N) is 3. The van der Waals surface area contributed by atoms with E-state index >= 15 is 0 Å². The maximum atomic E-state index is 12.7. The van der Waals surface area contributed by atoms with Gasteiger partial charge >= 0.3 is 0 Å². The van der Waals surface area contributed by atoms with Gasteiger partial charge in [0.05, 0.1) is 17.2 Å². The van der Waals surface area contributed by atoms with E-state index in [1.54, 1.807) is 29.1 Å². The van der Waals surface area contributed by atoms with E-state index in [-0.39, 0.29) is 5.78 Å². The zero-order chi connectivity index (χ0) is 15.6. The van der Waals surface area contributed by atoms with Gasteiger partial charge in [0.1, 0.15) is 5.69 Å². The number of benzene rings is 1. The van der Waals surface area contributed by atoms with E-state index in [1.807, 2.05) is 19.0 Å². The molecule has 1 aromatic heterocycles. The lowest BCUT2D eigenvalue weighted by atomic mass is 10.1. The molecule has 0 aliphatic carbocycles.